The molecule has 2 aromatic rings. The number of thiocarbonyl (C=S) groups is 1. The number of para-hydroxylation sites is 2. The van der Waals surface area contributed by atoms with Gasteiger partial charge in [-0.1, -0.05) is 12.1 Å². The minimum atomic E-state index is -0.394. The van der Waals surface area contributed by atoms with Gasteiger partial charge in [0.25, 0.3) is 0 Å². The van der Waals surface area contributed by atoms with E-state index in [9.17, 15) is 9.90 Å². The maximum absolute atomic E-state index is 11.6. The molecule has 1 aromatic heterocycles. The summed E-state index contributed by atoms with van der Waals surface area (Å²) >= 11 is 4.97. The summed E-state index contributed by atoms with van der Waals surface area (Å²) in [6, 6.07) is 10.0. The molecule has 1 aromatic carbocycles. The van der Waals surface area contributed by atoms with Crippen molar-refractivity contribution in [2.24, 2.45) is 0 Å². The molecular formula is C14H12N2O3S. The largest absolute Gasteiger partial charge is 0.506 e. The molecule has 0 saturated carbocycles. The number of benzene rings is 1. The Kier molecular flexibility index (Phi) is 4.52. The fourth-order valence-corrected chi connectivity index (χ4v) is 1.64. The molecule has 5 nitrogen and oxygen atoms in total. The first-order chi connectivity index (χ1) is 9.65. The van der Waals surface area contributed by atoms with Crippen molar-refractivity contribution in [3.05, 3.63) is 54.5 Å². The summed E-state index contributed by atoms with van der Waals surface area (Å²) in [5.41, 5.74) is 0.424. The zero-order chi connectivity index (χ0) is 14.4. The third-order valence-corrected chi connectivity index (χ3v) is 2.54. The van der Waals surface area contributed by atoms with Gasteiger partial charge in [0.1, 0.15) is 11.5 Å². The zero-order valence-electron chi connectivity index (χ0n) is 10.4. The van der Waals surface area contributed by atoms with Crippen LogP contribution in [-0.4, -0.2) is 16.1 Å². The van der Waals surface area contributed by atoms with E-state index in [4.69, 9.17) is 16.6 Å². The number of carbonyl (C=O) groups is 1. The second kappa shape index (κ2) is 6.53. The van der Waals surface area contributed by atoms with Crippen LogP contribution in [0.3, 0.4) is 0 Å². The van der Waals surface area contributed by atoms with Gasteiger partial charge in [-0.25, -0.2) is 0 Å². The first-order valence-corrected chi connectivity index (χ1v) is 6.17. The molecule has 0 bridgehead atoms. The van der Waals surface area contributed by atoms with Crippen molar-refractivity contribution in [1.82, 2.24) is 5.32 Å². The molecule has 1 amide bonds. The highest BCUT2D eigenvalue weighted by molar-refractivity contribution is 7.80. The van der Waals surface area contributed by atoms with E-state index in [0.29, 0.717) is 11.4 Å². The monoisotopic (exact) mass is 288 g/mol. The fourth-order valence-electron chi connectivity index (χ4n) is 1.43. The number of phenols is 1. The predicted molar refractivity (Wildman–Crippen MR) is 80.2 cm³/mol. The van der Waals surface area contributed by atoms with Crippen LogP contribution in [0.1, 0.15) is 5.76 Å². The molecule has 0 spiro atoms. The molecule has 1 heterocycles. The number of carbonyl (C=O) groups excluding carboxylic acids is 1. The van der Waals surface area contributed by atoms with Gasteiger partial charge in [-0.2, -0.15) is 0 Å². The van der Waals surface area contributed by atoms with Crippen molar-refractivity contribution in [2.75, 3.05) is 5.32 Å². The van der Waals surface area contributed by atoms with E-state index in [1.165, 1.54) is 24.5 Å². The van der Waals surface area contributed by atoms with Crippen molar-refractivity contribution in [1.29, 1.82) is 0 Å². The van der Waals surface area contributed by atoms with E-state index in [-0.39, 0.29) is 10.9 Å². The van der Waals surface area contributed by atoms with E-state index in [1.54, 1.807) is 30.3 Å². The average molecular weight is 288 g/mol. The number of furan rings is 1. The fraction of sp³-hybridized carbons (Fsp3) is 0. The number of aromatic hydroxyl groups is 1. The molecule has 0 aliphatic carbocycles. The SMILES string of the molecule is O=C(C=Cc1ccco1)NC(=S)Nc1ccccc1O. The van der Waals surface area contributed by atoms with Crippen LogP contribution >= 0.6 is 12.2 Å². The number of nitrogens with one attached hydrogen (secondary N) is 2. The summed E-state index contributed by atoms with van der Waals surface area (Å²) in [5, 5.41) is 14.8. The highest BCUT2D eigenvalue weighted by atomic mass is 32.1. The minimum absolute atomic E-state index is 0.0511. The molecule has 0 radical (unpaired) electrons. The highest BCUT2D eigenvalue weighted by Crippen LogP contribution is 2.21. The molecule has 6 heteroatoms. The van der Waals surface area contributed by atoms with Crippen molar-refractivity contribution in [3.8, 4) is 5.75 Å². The van der Waals surface area contributed by atoms with Crippen molar-refractivity contribution in [3.63, 3.8) is 0 Å². The summed E-state index contributed by atoms with van der Waals surface area (Å²) in [7, 11) is 0. The molecule has 3 N–H and O–H groups in total. The van der Waals surface area contributed by atoms with Gasteiger partial charge >= 0.3 is 0 Å². The molecule has 102 valence electrons. The number of amides is 1. The number of rotatable bonds is 3. The van der Waals surface area contributed by atoms with Crippen molar-refractivity contribution >= 4 is 35.0 Å². The molecule has 2 rings (SSSR count). The second-order valence-electron chi connectivity index (χ2n) is 3.81. The Bertz CT molecular complexity index is 636. The van der Waals surface area contributed by atoms with Crippen LogP contribution in [0, 0.1) is 0 Å². The summed E-state index contributed by atoms with van der Waals surface area (Å²) in [5.74, 6) is 0.226. The lowest BCUT2D eigenvalue weighted by Crippen LogP contribution is -2.32. The van der Waals surface area contributed by atoms with Crippen LogP contribution in [0.2, 0.25) is 0 Å². The number of hydrogen-bond acceptors (Lipinski definition) is 4. The lowest BCUT2D eigenvalue weighted by molar-refractivity contribution is -0.115. The van der Waals surface area contributed by atoms with Gasteiger partial charge in [-0.3, -0.25) is 10.1 Å². The third-order valence-electron chi connectivity index (χ3n) is 2.33. The summed E-state index contributed by atoms with van der Waals surface area (Å²) < 4.78 is 5.05. The van der Waals surface area contributed by atoms with Crippen LogP contribution in [-0.2, 0) is 4.79 Å². The summed E-state index contributed by atoms with van der Waals surface area (Å²) in [6.45, 7) is 0. The molecule has 0 unspecified atom stereocenters. The van der Waals surface area contributed by atoms with E-state index < -0.39 is 5.91 Å². The number of hydrogen-bond donors (Lipinski definition) is 3. The Morgan fingerprint density at radius 3 is 2.75 bits per heavy atom. The quantitative estimate of drug-likeness (QED) is 0.460. The van der Waals surface area contributed by atoms with Gasteiger partial charge in [0.15, 0.2) is 5.11 Å². The summed E-state index contributed by atoms with van der Waals surface area (Å²) in [6.07, 6.45) is 4.34. The van der Waals surface area contributed by atoms with Crippen molar-refractivity contribution < 1.29 is 14.3 Å². The molecule has 20 heavy (non-hydrogen) atoms. The summed E-state index contributed by atoms with van der Waals surface area (Å²) in [4.78, 5) is 11.6. The van der Waals surface area contributed by atoms with Gasteiger partial charge in [0.05, 0.1) is 12.0 Å². The molecule has 0 aliphatic heterocycles. The Morgan fingerprint density at radius 2 is 2.05 bits per heavy atom. The van der Waals surface area contributed by atoms with Crippen LogP contribution in [0.25, 0.3) is 6.08 Å². The smallest absolute Gasteiger partial charge is 0.250 e. The third kappa shape index (κ3) is 3.96. The van der Waals surface area contributed by atoms with Gasteiger partial charge in [-0.15, -0.1) is 0 Å². The zero-order valence-corrected chi connectivity index (χ0v) is 11.2. The highest BCUT2D eigenvalue weighted by Gasteiger charge is 2.04. The Labute approximate surface area is 120 Å². The van der Waals surface area contributed by atoms with Gasteiger partial charge < -0.3 is 14.8 Å². The van der Waals surface area contributed by atoms with Gasteiger partial charge in [-0.05, 0) is 42.6 Å². The van der Waals surface area contributed by atoms with E-state index in [0.717, 1.165) is 0 Å². The normalized spacial score (nSPS) is 10.4. The van der Waals surface area contributed by atoms with Gasteiger partial charge in [0.2, 0.25) is 5.91 Å². The Balaban J connectivity index is 1.88. The lowest BCUT2D eigenvalue weighted by atomic mass is 10.3. The average Bonchev–Trinajstić information content (AvgIpc) is 2.92. The standard InChI is InChI=1S/C14H12N2O3S/c17-12-6-2-1-5-11(12)15-14(20)16-13(18)8-7-10-4-3-9-19-10/h1-9,17H,(H2,15,16,18,20). The Hall–Kier alpha value is -2.60. The Morgan fingerprint density at radius 1 is 1.25 bits per heavy atom. The lowest BCUT2D eigenvalue weighted by Gasteiger charge is -2.09. The molecule has 0 saturated heterocycles. The first-order valence-electron chi connectivity index (χ1n) is 5.77. The minimum Gasteiger partial charge on any atom is -0.506 e. The maximum atomic E-state index is 11.6. The van der Waals surface area contributed by atoms with Crippen LogP contribution < -0.4 is 10.6 Å². The molecule has 0 fully saturated rings. The maximum Gasteiger partial charge on any atom is 0.250 e. The predicted octanol–water partition coefficient (Wildman–Crippen LogP) is 2.51. The van der Waals surface area contributed by atoms with Crippen LogP contribution in [0.15, 0.2) is 53.2 Å². The first kappa shape index (κ1) is 13.8. The van der Waals surface area contributed by atoms with E-state index in [2.05, 4.69) is 10.6 Å². The topological polar surface area (TPSA) is 74.5 Å². The molecule has 0 aliphatic rings. The number of anilines is 1. The van der Waals surface area contributed by atoms with E-state index >= 15 is 0 Å². The van der Waals surface area contributed by atoms with Gasteiger partial charge in [0, 0.05) is 6.08 Å². The molecule has 0 atom stereocenters. The van der Waals surface area contributed by atoms with Crippen LogP contribution in [0.4, 0.5) is 5.69 Å². The van der Waals surface area contributed by atoms with E-state index in [1.807, 2.05) is 0 Å². The van der Waals surface area contributed by atoms with Crippen LogP contribution in [0.5, 0.6) is 5.75 Å². The number of phenolic OH excluding ortho intramolecular Hbond substituents is 1. The second-order valence-corrected chi connectivity index (χ2v) is 4.22. The van der Waals surface area contributed by atoms with Crippen molar-refractivity contribution in [2.45, 2.75) is 0 Å². The molecular weight excluding hydrogens is 276 g/mol.